The molecule has 1 saturated heterocycles. The van der Waals surface area contributed by atoms with Gasteiger partial charge in [-0.15, -0.1) is 16.6 Å². The first-order valence-corrected chi connectivity index (χ1v) is 10.7. The largest absolute Gasteiger partial charge is 0.473 e. The number of ether oxygens (including phenoxy) is 3. The number of carbonyl (C=O) groups excluding carboxylic acids is 1. The molecule has 1 amide bonds. The van der Waals surface area contributed by atoms with Crippen LogP contribution in [0.5, 0.6) is 17.5 Å². The maximum Gasteiger partial charge on any atom is 0.410 e. The molecule has 10 nitrogen and oxygen atoms in total. The summed E-state index contributed by atoms with van der Waals surface area (Å²) in [4.78, 5) is 21.9. The van der Waals surface area contributed by atoms with Crippen LogP contribution in [0.1, 0.15) is 32.3 Å². The minimum Gasteiger partial charge on any atom is -0.473 e. The van der Waals surface area contributed by atoms with Crippen molar-refractivity contribution in [3.05, 3.63) is 48.6 Å². The Kier molecular flexibility index (Phi) is 6.87. The van der Waals surface area contributed by atoms with Crippen LogP contribution in [0.2, 0.25) is 0 Å². The quantitative estimate of drug-likeness (QED) is 0.510. The molecular weight excluding hydrogens is 443 g/mol. The minimum atomic E-state index is -0.615. The first-order chi connectivity index (χ1) is 16.4. The van der Waals surface area contributed by atoms with Crippen molar-refractivity contribution < 1.29 is 23.4 Å². The number of nitrogens with zero attached hydrogens (tertiary/aromatic N) is 6. The van der Waals surface area contributed by atoms with E-state index in [1.807, 2.05) is 0 Å². The van der Waals surface area contributed by atoms with Crippen LogP contribution in [0.15, 0.2) is 37.2 Å². The molecule has 1 aromatic carbocycles. The Balaban J connectivity index is 1.44. The molecule has 11 heteroatoms. The summed E-state index contributed by atoms with van der Waals surface area (Å²) in [7, 11) is 0. The molecule has 1 aliphatic rings. The summed E-state index contributed by atoms with van der Waals surface area (Å²) in [5, 5.41) is 7.41. The molecule has 0 spiro atoms. The van der Waals surface area contributed by atoms with Crippen molar-refractivity contribution in [1.29, 1.82) is 0 Å². The van der Waals surface area contributed by atoms with Gasteiger partial charge in [0, 0.05) is 32.0 Å². The van der Waals surface area contributed by atoms with Gasteiger partial charge in [0.25, 0.3) is 0 Å². The van der Waals surface area contributed by atoms with Crippen LogP contribution in [-0.4, -0.2) is 61.0 Å². The second-order valence-electron chi connectivity index (χ2n) is 7.83. The van der Waals surface area contributed by atoms with E-state index in [9.17, 15) is 9.18 Å². The van der Waals surface area contributed by atoms with Gasteiger partial charge in [-0.25, -0.2) is 19.2 Å². The molecule has 0 atom stereocenters. The predicted molar refractivity (Wildman–Crippen MR) is 118 cm³/mol. The normalized spacial score (nSPS) is 14.0. The number of aromatic nitrogens is 5. The summed E-state index contributed by atoms with van der Waals surface area (Å²) < 4.78 is 33.1. The van der Waals surface area contributed by atoms with Crippen molar-refractivity contribution in [3.63, 3.8) is 0 Å². The van der Waals surface area contributed by atoms with Gasteiger partial charge in [-0.3, -0.25) is 4.57 Å². The van der Waals surface area contributed by atoms with Gasteiger partial charge < -0.3 is 19.1 Å². The molecule has 1 fully saturated rings. The topological polar surface area (TPSA) is 104 Å². The van der Waals surface area contributed by atoms with Crippen LogP contribution in [0.3, 0.4) is 0 Å². The molecule has 0 aliphatic carbocycles. The Morgan fingerprint density at radius 3 is 2.53 bits per heavy atom. The maximum atomic E-state index is 14.7. The number of hydrogen-bond donors (Lipinski definition) is 0. The third-order valence-electron chi connectivity index (χ3n) is 5.08. The first kappa shape index (κ1) is 23.0. The summed E-state index contributed by atoms with van der Waals surface area (Å²) in [5.74, 6) is 1.96. The fourth-order valence-corrected chi connectivity index (χ4v) is 3.41. The zero-order valence-corrected chi connectivity index (χ0v) is 18.7. The summed E-state index contributed by atoms with van der Waals surface area (Å²) in [6.45, 7) is 4.59. The van der Waals surface area contributed by atoms with Crippen LogP contribution >= 0.6 is 0 Å². The smallest absolute Gasteiger partial charge is 0.410 e. The van der Waals surface area contributed by atoms with E-state index in [1.165, 1.54) is 31.1 Å². The van der Waals surface area contributed by atoms with Gasteiger partial charge in [0.2, 0.25) is 11.8 Å². The number of piperidine rings is 1. The summed E-state index contributed by atoms with van der Waals surface area (Å²) >= 11 is 0. The molecule has 2 aromatic heterocycles. The monoisotopic (exact) mass is 466 g/mol. The molecule has 4 rings (SSSR count). The second-order valence-corrected chi connectivity index (χ2v) is 7.83. The van der Waals surface area contributed by atoms with E-state index < -0.39 is 5.82 Å². The molecule has 0 radical (unpaired) electrons. The lowest BCUT2D eigenvalue weighted by Gasteiger charge is -2.31. The van der Waals surface area contributed by atoms with Crippen molar-refractivity contribution in [2.45, 2.75) is 38.9 Å². The lowest BCUT2D eigenvalue weighted by molar-refractivity contribution is 0.0506. The van der Waals surface area contributed by atoms with Gasteiger partial charge >= 0.3 is 6.09 Å². The number of benzene rings is 1. The number of rotatable bonds is 6. The van der Waals surface area contributed by atoms with Crippen molar-refractivity contribution in [2.24, 2.45) is 0 Å². The van der Waals surface area contributed by atoms with Crippen molar-refractivity contribution in [3.8, 4) is 35.5 Å². The van der Waals surface area contributed by atoms with E-state index >= 15 is 0 Å². The van der Waals surface area contributed by atoms with Gasteiger partial charge in [0.1, 0.15) is 30.6 Å². The van der Waals surface area contributed by atoms with Crippen molar-refractivity contribution in [1.82, 2.24) is 29.6 Å². The minimum absolute atomic E-state index is 0.00129. The molecule has 1 aliphatic heterocycles. The number of amides is 1. The third kappa shape index (κ3) is 5.23. The maximum absolute atomic E-state index is 14.7. The molecule has 176 valence electrons. The summed E-state index contributed by atoms with van der Waals surface area (Å²) in [6.07, 6.45) is 10.3. The highest BCUT2D eigenvalue weighted by Crippen LogP contribution is 2.31. The van der Waals surface area contributed by atoms with Gasteiger partial charge in [-0.1, -0.05) is 5.92 Å². The van der Waals surface area contributed by atoms with E-state index in [0.717, 1.165) is 0 Å². The standard InChI is InChI=1S/C23H23FN6O4/c1-4-18-21(33-17-7-9-29(10-8-17)23(31)32-15(2)3)25-12-26-22(18)34-20-6-5-16(11-19(20)24)30-13-27-28-14-30/h1,5-6,11-15,17H,7-10H2,2-3H3. The van der Waals surface area contributed by atoms with E-state index in [0.29, 0.717) is 31.6 Å². The summed E-state index contributed by atoms with van der Waals surface area (Å²) in [6, 6.07) is 4.39. The van der Waals surface area contributed by atoms with Crippen molar-refractivity contribution >= 4 is 6.09 Å². The fraction of sp³-hybridized carbons (Fsp3) is 0.348. The highest BCUT2D eigenvalue weighted by Gasteiger charge is 2.27. The highest BCUT2D eigenvalue weighted by atomic mass is 19.1. The molecule has 3 aromatic rings. The molecule has 34 heavy (non-hydrogen) atoms. The Bertz CT molecular complexity index is 1190. The summed E-state index contributed by atoms with van der Waals surface area (Å²) in [5.41, 5.74) is 0.703. The van der Waals surface area contributed by atoms with E-state index in [4.69, 9.17) is 20.6 Å². The molecular formula is C23H23FN6O4. The Labute approximate surface area is 195 Å². The fourth-order valence-electron chi connectivity index (χ4n) is 3.41. The SMILES string of the molecule is C#Cc1c(Oc2ccc(-n3cnnc3)cc2F)ncnc1OC1CCN(C(=O)OC(C)C)CC1. The number of hydrogen-bond acceptors (Lipinski definition) is 8. The number of likely N-dealkylation sites (tertiary alicyclic amines) is 1. The van der Waals surface area contributed by atoms with Gasteiger partial charge in [0.05, 0.1) is 11.8 Å². The molecule has 3 heterocycles. The second kappa shape index (κ2) is 10.2. The predicted octanol–water partition coefficient (Wildman–Crippen LogP) is 3.36. The van der Waals surface area contributed by atoms with E-state index in [1.54, 1.807) is 29.4 Å². The molecule has 0 N–H and O–H groups in total. The van der Waals surface area contributed by atoms with E-state index in [2.05, 4.69) is 26.1 Å². The Morgan fingerprint density at radius 2 is 1.88 bits per heavy atom. The van der Waals surface area contributed by atoms with Crippen LogP contribution in [0, 0.1) is 18.2 Å². The number of terminal acetylenes is 1. The zero-order chi connectivity index (χ0) is 24.1. The number of halogens is 1. The number of carbonyl (C=O) groups is 1. The average Bonchev–Trinajstić information content (AvgIpc) is 3.36. The first-order valence-electron chi connectivity index (χ1n) is 10.7. The third-order valence-corrected chi connectivity index (χ3v) is 5.08. The highest BCUT2D eigenvalue weighted by molar-refractivity contribution is 5.67. The van der Waals surface area contributed by atoms with Crippen LogP contribution in [0.25, 0.3) is 5.69 Å². The van der Waals surface area contributed by atoms with Gasteiger partial charge in [0.15, 0.2) is 11.6 Å². The lowest BCUT2D eigenvalue weighted by atomic mass is 10.1. The van der Waals surface area contributed by atoms with Crippen LogP contribution in [-0.2, 0) is 4.74 Å². The van der Waals surface area contributed by atoms with Gasteiger partial charge in [-0.05, 0) is 26.0 Å². The van der Waals surface area contributed by atoms with Crippen LogP contribution in [0.4, 0.5) is 9.18 Å². The Morgan fingerprint density at radius 1 is 1.18 bits per heavy atom. The Hall–Kier alpha value is -4.20. The molecule has 0 bridgehead atoms. The van der Waals surface area contributed by atoms with Crippen LogP contribution < -0.4 is 9.47 Å². The molecule has 0 unspecified atom stereocenters. The lowest BCUT2D eigenvalue weighted by Crippen LogP contribution is -2.42. The van der Waals surface area contributed by atoms with Gasteiger partial charge in [-0.2, -0.15) is 0 Å². The molecule has 0 saturated carbocycles. The van der Waals surface area contributed by atoms with E-state index in [-0.39, 0.29) is 41.4 Å². The zero-order valence-electron chi connectivity index (χ0n) is 18.7. The van der Waals surface area contributed by atoms with Crippen molar-refractivity contribution in [2.75, 3.05) is 13.1 Å². The average molecular weight is 466 g/mol.